The van der Waals surface area contributed by atoms with Gasteiger partial charge in [0.15, 0.2) is 0 Å². The van der Waals surface area contributed by atoms with Gasteiger partial charge in [0.25, 0.3) is 0 Å². The molecule has 94 valence electrons. The molecule has 0 aromatic heterocycles. The van der Waals surface area contributed by atoms with E-state index in [1.807, 2.05) is 5.92 Å². The summed E-state index contributed by atoms with van der Waals surface area (Å²) in [7, 11) is 0. The van der Waals surface area contributed by atoms with Crippen LogP contribution in [0, 0.1) is 29.9 Å². The van der Waals surface area contributed by atoms with E-state index in [1.165, 1.54) is 0 Å². The van der Waals surface area contributed by atoms with Crippen LogP contribution in [0.4, 0.5) is 14.5 Å². The quantitative estimate of drug-likeness (QED) is 0.815. The van der Waals surface area contributed by atoms with Crippen LogP contribution in [0.15, 0.2) is 12.1 Å². The van der Waals surface area contributed by atoms with Crippen LogP contribution in [-0.2, 0) is 4.79 Å². The van der Waals surface area contributed by atoms with Crippen LogP contribution in [0.3, 0.4) is 0 Å². The summed E-state index contributed by atoms with van der Waals surface area (Å²) in [4.78, 5) is 12.5. The van der Waals surface area contributed by atoms with Gasteiger partial charge in [0.2, 0.25) is 0 Å². The fourth-order valence-corrected chi connectivity index (χ4v) is 2.08. The number of hydrogen-bond donors (Lipinski definition) is 1. The van der Waals surface area contributed by atoms with E-state index in [0.717, 1.165) is 12.1 Å². The van der Waals surface area contributed by atoms with Crippen LogP contribution >= 0.6 is 0 Å². The molecule has 1 N–H and O–H groups in total. The zero-order valence-electron chi connectivity index (χ0n) is 9.49. The third kappa shape index (κ3) is 2.14. The van der Waals surface area contributed by atoms with Gasteiger partial charge in [0.05, 0.1) is 11.5 Å². The molecule has 0 amide bonds. The molecule has 1 aliphatic heterocycles. The van der Waals surface area contributed by atoms with Gasteiger partial charge in [-0.25, -0.2) is 8.78 Å². The number of hydrogen-bond acceptors (Lipinski definition) is 2. The zero-order valence-corrected chi connectivity index (χ0v) is 9.49. The minimum atomic E-state index is -0.890. The van der Waals surface area contributed by atoms with E-state index in [2.05, 4.69) is 0 Å². The summed E-state index contributed by atoms with van der Waals surface area (Å²) in [6.07, 6.45) is 5.46. The van der Waals surface area contributed by atoms with Crippen LogP contribution in [0.1, 0.15) is 12.0 Å². The van der Waals surface area contributed by atoms with Gasteiger partial charge >= 0.3 is 5.97 Å². The van der Waals surface area contributed by atoms with E-state index >= 15 is 0 Å². The summed E-state index contributed by atoms with van der Waals surface area (Å²) < 4.78 is 27.0. The molecule has 18 heavy (non-hydrogen) atoms. The second kappa shape index (κ2) is 4.65. The van der Waals surface area contributed by atoms with Crippen molar-refractivity contribution in [1.82, 2.24) is 0 Å². The van der Waals surface area contributed by atoms with Crippen LogP contribution in [0.2, 0.25) is 0 Å². The lowest BCUT2D eigenvalue weighted by Crippen LogP contribution is -2.23. The first-order valence-electron chi connectivity index (χ1n) is 5.46. The van der Waals surface area contributed by atoms with Gasteiger partial charge < -0.3 is 10.0 Å². The maximum atomic E-state index is 13.5. The van der Waals surface area contributed by atoms with E-state index in [-0.39, 0.29) is 6.54 Å². The molecule has 1 saturated heterocycles. The van der Waals surface area contributed by atoms with Crippen molar-refractivity contribution in [2.24, 2.45) is 5.92 Å². The van der Waals surface area contributed by atoms with Crippen LogP contribution in [0.25, 0.3) is 0 Å². The van der Waals surface area contributed by atoms with Crippen molar-refractivity contribution in [2.75, 3.05) is 18.0 Å². The second-order valence-electron chi connectivity index (χ2n) is 4.20. The Morgan fingerprint density at radius 2 is 2.06 bits per heavy atom. The lowest BCUT2D eigenvalue weighted by atomic mass is 10.1. The molecular formula is C13H11F2NO2. The van der Waals surface area contributed by atoms with Crippen LogP contribution in [0.5, 0.6) is 0 Å². The minimum absolute atomic E-state index is 0.254. The average Bonchev–Trinajstić information content (AvgIpc) is 2.77. The topological polar surface area (TPSA) is 40.5 Å². The highest BCUT2D eigenvalue weighted by atomic mass is 19.1. The SMILES string of the molecule is C#Cc1c(F)cc(N2CCC(C(=O)O)C2)cc1F. The van der Waals surface area contributed by atoms with Gasteiger partial charge in [0, 0.05) is 18.8 Å². The van der Waals surface area contributed by atoms with E-state index < -0.39 is 29.1 Å². The summed E-state index contributed by atoms with van der Waals surface area (Å²) in [5.41, 5.74) is -0.0690. The van der Waals surface area contributed by atoms with Gasteiger partial charge in [0.1, 0.15) is 11.6 Å². The molecule has 1 atom stereocenters. The zero-order chi connectivity index (χ0) is 13.3. The predicted octanol–water partition coefficient (Wildman–Crippen LogP) is 1.86. The average molecular weight is 251 g/mol. The van der Waals surface area contributed by atoms with Gasteiger partial charge in [-0.05, 0) is 18.6 Å². The Labute approximate surface area is 103 Å². The van der Waals surface area contributed by atoms with Crippen molar-refractivity contribution in [3.63, 3.8) is 0 Å². The Bertz CT molecular complexity index is 513. The van der Waals surface area contributed by atoms with E-state index in [4.69, 9.17) is 11.5 Å². The highest BCUT2D eigenvalue weighted by molar-refractivity contribution is 5.72. The second-order valence-corrected chi connectivity index (χ2v) is 4.20. The molecular weight excluding hydrogens is 240 g/mol. The number of aliphatic carboxylic acids is 1. The molecule has 1 heterocycles. The first kappa shape index (κ1) is 12.4. The van der Waals surface area contributed by atoms with Crippen molar-refractivity contribution in [1.29, 1.82) is 0 Å². The Kier molecular flexibility index (Phi) is 3.19. The molecule has 0 bridgehead atoms. The largest absolute Gasteiger partial charge is 0.481 e. The lowest BCUT2D eigenvalue weighted by molar-refractivity contribution is -0.140. The first-order valence-corrected chi connectivity index (χ1v) is 5.46. The normalized spacial score (nSPS) is 18.7. The van der Waals surface area contributed by atoms with Gasteiger partial charge in [-0.2, -0.15) is 0 Å². The number of carbonyl (C=O) groups is 1. The van der Waals surface area contributed by atoms with Crippen molar-refractivity contribution >= 4 is 11.7 Å². The van der Waals surface area contributed by atoms with Gasteiger partial charge in [-0.1, -0.05) is 5.92 Å². The van der Waals surface area contributed by atoms with E-state index in [9.17, 15) is 13.6 Å². The molecule has 1 fully saturated rings. The van der Waals surface area contributed by atoms with Crippen molar-refractivity contribution in [2.45, 2.75) is 6.42 Å². The van der Waals surface area contributed by atoms with Crippen molar-refractivity contribution < 1.29 is 18.7 Å². The number of nitrogens with zero attached hydrogens (tertiary/aromatic N) is 1. The van der Waals surface area contributed by atoms with E-state index in [1.54, 1.807) is 4.90 Å². The number of carboxylic acid groups (broad SMARTS) is 1. The van der Waals surface area contributed by atoms with Crippen LogP contribution in [-0.4, -0.2) is 24.2 Å². The molecule has 5 heteroatoms. The molecule has 0 radical (unpaired) electrons. The lowest BCUT2D eigenvalue weighted by Gasteiger charge is -2.18. The Balaban J connectivity index is 2.26. The van der Waals surface area contributed by atoms with Crippen molar-refractivity contribution in [3.05, 3.63) is 29.3 Å². The molecule has 1 unspecified atom stereocenters. The Morgan fingerprint density at radius 3 is 2.50 bits per heavy atom. The predicted molar refractivity (Wildman–Crippen MR) is 62.2 cm³/mol. The number of carboxylic acids is 1. The molecule has 3 nitrogen and oxygen atoms in total. The standard InChI is InChI=1S/C13H11F2NO2/c1-2-10-11(14)5-9(6-12(10)15)16-4-3-8(7-16)13(17)18/h1,5-6,8H,3-4,7H2,(H,17,18). The first-order chi connectivity index (χ1) is 8.52. The summed E-state index contributed by atoms with van der Waals surface area (Å²) >= 11 is 0. The van der Waals surface area contributed by atoms with Crippen LogP contribution < -0.4 is 4.90 Å². The van der Waals surface area contributed by atoms with Gasteiger partial charge in [-0.15, -0.1) is 6.42 Å². The molecule has 0 saturated carbocycles. The number of terminal acetylenes is 1. The summed E-state index contributed by atoms with van der Waals surface area (Å²) in [5.74, 6) is -1.04. The van der Waals surface area contributed by atoms with Crippen molar-refractivity contribution in [3.8, 4) is 12.3 Å². The molecule has 1 aromatic carbocycles. The molecule has 2 rings (SSSR count). The molecule has 1 aliphatic rings. The fraction of sp³-hybridized carbons (Fsp3) is 0.308. The smallest absolute Gasteiger partial charge is 0.308 e. The summed E-state index contributed by atoms with van der Waals surface area (Å²) in [5, 5.41) is 8.87. The van der Waals surface area contributed by atoms with Gasteiger partial charge in [-0.3, -0.25) is 4.79 Å². The number of rotatable bonds is 2. The highest BCUT2D eigenvalue weighted by Crippen LogP contribution is 2.27. The monoisotopic (exact) mass is 251 g/mol. The molecule has 0 spiro atoms. The highest BCUT2D eigenvalue weighted by Gasteiger charge is 2.28. The maximum Gasteiger partial charge on any atom is 0.308 e. The number of anilines is 1. The minimum Gasteiger partial charge on any atom is -0.481 e. The molecule has 0 aliphatic carbocycles. The maximum absolute atomic E-state index is 13.5. The Morgan fingerprint density at radius 1 is 1.44 bits per heavy atom. The third-order valence-electron chi connectivity index (χ3n) is 3.07. The Hall–Kier alpha value is -2.09. The fourth-order valence-electron chi connectivity index (χ4n) is 2.08. The van der Waals surface area contributed by atoms with E-state index in [0.29, 0.717) is 18.7 Å². The number of halogens is 2. The molecule has 1 aromatic rings. The number of benzene rings is 1. The summed E-state index contributed by atoms with van der Waals surface area (Å²) in [6.45, 7) is 0.717. The third-order valence-corrected chi connectivity index (χ3v) is 3.07. The summed E-state index contributed by atoms with van der Waals surface area (Å²) in [6, 6.07) is 2.28.